The summed E-state index contributed by atoms with van der Waals surface area (Å²) in [4.78, 5) is 11.4. The molecule has 2 aromatic carbocycles. The van der Waals surface area contributed by atoms with Crippen LogP contribution in [0.5, 0.6) is 0 Å². The van der Waals surface area contributed by atoms with Gasteiger partial charge in [0.05, 0.1) is 6.04 Å². The molecule has 1 unspecified atom stereocenters. The Labute approximate surface area is 129 Å². The molecule has 1 aliphatic rings. The average molecular weight is 301 g/mol. The molecule has 3 rings (SSSR count). The van der Waals surface area contributed by atoms with Crippen LogP contribution < -0.4 is 11.1 Å². The highest BCUT2D eigenvalue weighted by Crippen LogP contribution is 2.30. The smallest absolute Gasteiger partial charge is 0.224 e. The zero-order valence-electron chi connectivity index (χ0n) is 11.8. The molecule has 0 bridgehead atoms. The van der Waals surface area contributed by atoms with Crippen molar-refractivity contribution in [1.29, 1.82) is 0 Å². The van der Waals surface area contributed by atoms with Gasteiger partial charge < -0.3 is 11.1 Å². The molecule has 0 radical (unpaired) electrons. The summed E-state index contributed by atoms with van der Waals surface area (Å²) in [6, 6.07) is 11.5. The zero-order valence-corrected chi connectivity index (χ0v) is 12.6. The van der Waals surface area contributed by atoms with Gasteiger partial charge in [-0.3, -0.25) is 4.79 Å². The van der Waals surface area contributed by atoms with Gasteiger partial charge >= 0.3 is 0 Å². The molecule has 1 atom stereocenters. The van der Waals surface area contributed by atoms with Crippen LogP contribution in [0.2, 0.25) is 5.02 Å². The number of hydrogen-bond acceptors (Lipinski definition) is 2. The quantitative estimate of drug-likeness (QED) is 0.890. The minimum atomic E-state index is -0.216. The lowest BCUT2D eigenvalue weighted by Crippen LogP contribution is -2.20. The van der Waals surface area contributed by atoms with Gasteiger partial charge in [-0.05, 0) is 53.8 Å². The second-order valence-electron chi connectivity index (χ2n) is 5.44. The number of anilines is 1. The fraction of sp³-hybridized carbons (Fsp3) is 0.235. The summed E-state index contributed by atoms with van der Waals surface area (Å²) in [5, 5.41) is 3.58. The predicted molar refractivity (Wildman–Crippen MR) is 85.6 cm³/mol. The number of carbonyl (C=O) groups is 1. The average Bonchev–Trinajstić information content (AvgIpc) is 2.48. The van der Waals surface area contributed by atoms with Crippen LogP contribution in [-0.4, -0.2) is 5.91 Å². The van der Waals surface area contributed by atoms with Crippen LogP contribution in [0.1, 0.15) is 34.7 Å². The van der Waals surface area contributed by atoms with E-state index >= 15 is 0 Å². The van der Waals surface area contributed by atoms with Gasteiger partial charge in [0.15, 0.2) is 0 Å². The number of amides is 1. The number of nitrogens with two attached hydrogens (primary N) is 1. The molecule has 0 aromatic heterocycles. The van der Waals surface area contributed by atoms with Crippen molar-refractivity contribution in [2.24, 2.45) is 5.73 Å². The molecule has 1 aliphatic heterocycles. The molecule has 4 heteroatoms. The van der Waals surface area contributed by atoms with E-state index in [1.54, 1.807) is 0 Å². The van der Waals surface area contributed by atoms with Crippen LogP contribution in [0.25, 0.3) is 0 Å². The molecule has 108 valence electrons. The van der Waals surface area contributed by atoms with Crippen molar-refractivity contribution in [2.45, 2.75) is 25.8 Å². The summed E-state index contributed by atoms with van der Waals surface area (Å²) in [5.41, 5.74) is 11.6. The van der Waals surface area contributed by atoms with Crippen LogP contribution in [0, 0.1) is 6.92 Å². The van der Waals surface area contributed by atoms with Gasteiger partial charge in [-0.1, -0.05) is 29.8 Å². The maximum Gasteiger partial charge on any atom is 0.224 e. The van der Waals surface area contributed by atoms with Crippen molar-refractivity contribution < 1.29 is 4.79 Å². The lowest BCUT2D eigenvalue weighted by molar-refractivity contribution is -0.116. The third kappa shape index (κ3) is 2.80. The summed E-state index contributed by atoms with van der Waals surface area (Å²) < 4.78 is 0. The monoisotopic (exact) mass is 300 g/mol. The number of halogens is 1. The molecular formula is C17H17ClN2O. The first-order valence-corrected chi connectivity index (χ1v) is 7.36. The van der Waals surface area contributed by atoms with Crippen LogP contribution in [0.4, 0.5) is 5.69 Å². The maximum atomic E-state index is 11.4. The number of carbonyl (C=O) groups excluding carboxylic acids is 1. The fourth-order valence-corrected chi connectivity index (χ4v) is 2.90. The van der Waals surface area contributed by atoms with Gasteiger partial charge in [0.2, 0.25) is 5.91 Å². The minimum absolute atomic E-state index is 0.0743. The van der Waals surface area contributed by atoms with Crippen molar-refractivity contribution in [1.82, 2.24) is 0 Å². The Bertz CT molecular complexity index is 712. The first kappa shape index (κ1) is 14.1. The van der Waals surface area contributed by atoms with E-state index in [4.69, 9.17) is 17.3 Å². The van der Waals surface area contributed by atoms with Gasteiger partial charge in [-0.15, -0.1) is 0 Å². The molecular weight excluding hydrogens is 284 g/mol. The first-order chi connectivity index (χ1) is 10.0. The Balaban J connectivity index is 1.97. The summed E-state index contributed by atoms with van der Waals surface area (Å²) >= 11 is 6.08. The summed E-state index contributed by atoms with van der Waals surface area (Å²) in [7, 11) is 0. The van der Waals surface area contributed by atoms with E-state index in [0.29, 0.717) is 11.4 Å². The largest absolute Gasteiger partial charge is 0.326 e. The lowest BCUT2D eigenvalue weighted by Gasteiger charge is -2.21. The van der Waals surface area contributed by atoms with E-state index in [9.17, 15) is 4.79 Å². The number of benzene rings is 2. The van der Waals surface area contributed by atoms with Crippen molar-refractivity contribution >= 4 is 23.2 Å². The molecule has 3 nitrogen and oxygen atoms in total. The number of nitrogens with one attached hydrogen (secondary N) is 1. The SMILES string of the molecule is Cc1ccc(Cl)cc1C(N)c1ccc2c(c1)CCC(=O)N2. The zero-order chi connectivity index (χ0) is 15.0. The van der Waals surface area contributed by atoms with Crippen molar-refractivity contribution in [3.8, 4) is 0 Å². The van der Waals surface area contributed by atoms with Gasteiger partial charge in [0.25, 0.3) is 0 Å². The molecule has 0 aliphatic carbocycles. The van der Waals surface area contributed by atoms with E-state index < -0.39 is 0 Å². The first-order valence-electron chi connectivity index (χ1n) is 6.99. The highest BCUT2D eigenvalue weighted by molar-refractivity contribution is 6.30. The van der Waals surface area contributed by atoms with Crippen LogP contribution in [0.15, 0.2) is 36.4 Å². The Morgan fingerprint density at radius 3 is 2.81 bits per heavy atom. The van der Waals surface area contributed by atoms with Gasteiger partial charge in [-0.2, -0.15) is 0 Å². The second-order valence-corrected chi connectivity index (χ2v) is 5.88. The van der Waals surface area contributed by atoms with Crippen molar-refractivity contribution in [2.75, 3.05) is 5.32 Å². The van der Waals surface area contributed by atoms with Crippen LogP contribution in [0.3, 0.4) is 0 Å². The number of fused-ring (bicyclic) bond motifs is 1. The van der Waals surface area contributed by atoms with Crippen LogP contribution in [-0.2, 0) is 11.2 Å². The van der Waals surface area contributed by atoms with E-state index in [1.807, 2.05) is 37.3 Å². The number of hydrogen-bond donors (Lipinski definition) is 2. The van der Waals surface area contributed by atoms with E-state index in [-0.39, 0.29) is 11.9 Å². The molecule has 0 saturated heterocycles. The minimum Gasteiger partial charge on any atom is -0.326 e. The van der Waals surface area contributed by atoms with E-state index in [2.05, 4.69) is 11.4 Å². The Morgan fingerprint density at radius 1 is 1.19 bits per heavy atom. The Kier molecular flexibility index (Phi) is 3.70. The molecule has 3 N–H and O–H groups in total. The summed E-state index contributed by atoms with van der Waals surface area (Å²) in [6.07, 6.45) is 1.29. The molecule has 1 heterocycles. The topological polar surface area (TPSA) is 55.1 Å². The third-order valence-corrected chi connectivity index (χ3v) is 4.20. The fourth-order valence-electron chi connectivity index (χ4n) is 2.72. The second kappa shape index (κ2) is 5.51. The Morgan fingerprint density at radius 2 is 2.00 bits per heavy atom. The highest BCUT2D eigenvalue weighted by Gasteiger charge is 2.18. The van der Waals surface area contributed by atoms with Crippen molar-refractivity contribution in [3.63, 3.8) is 0 Å². The molecule has 0 fully saturated rings. The molecule has 21 heavy (non-hydrogen) atoms. The Hall–Kier alpha value is -1.84. The molecule has 1 amide bonds. The maximum absolute atomic E-state index is 11.4. The van der Waals surface area contributed by atoms with Crippen LogP contribution >= 0.6 is 11.6 Å². The highest BCUT2D eigenvalue weighted by atomic mass is 35.5. The summed E-state index contributed by atoms with van der Waals surface area (Å²) in [5.74, 6) is 0.0743. The van der Waals surface area contributed by atoms with E-state index in [1.165, 1.54) is 0 Å². The van der Waals surface area contributed by atoms with E-state index in [0.717, 1.165) is 34.4 Å². The lowest BCUT2D eigenvalue weighted by atomic mass is 9.92. The number of aryl methyl sites for hydroxylation is 2. The van der Waals surface area contributed by atoms with Gasteiger partial charge in [-0.25, -0.2) is 0 Å². The standard InChI is InChI=1S/C17H17ClN2O/c1-10-2-5-13(18)9-14(10)17(19)12-3-6-15-11(8-12)4-7-16(21)20-15/h2-3,5-6,8-9,17H,4,7,19H2,1H3,(H,20,21). The normalized spacial score (nSPS) is 15.3. The van der Waals surface area contributed by atoms with Crippen molar-refractivity contribution in [3.05, 3.63) is 63.7 Å². The molecule has 2 aromatic rings. The molecule has 0 spiro atoms. The van der Waals surface area contributed by atoms with Gasteiger partial charge in [0.1, 0.15) is 0 Å². The molecule has 0 saturated carbocycles. The van der Waals surface area contributed by atoms with Gasteiger partial charge in [0, 0.05) is 17.1 Å². The third-order valence-electron chi connectivity index (χ3n) is 3.96. The predicted octanol–water partition coefficient (Wildman–Crippen LogP) is 3.58. The summed E-state index contributed by atoms with van der Waals surface area (Å²) in [6.45, 7) is 2.03. The number of rotatable bonds is 2.